The number of methoxy groups -OCH3 is 1. The Balaban J connectivity index is 1.45. The minimum Gasteiger partial charge on any atom is -0.383 e. The first-order valence-corrected chi connectivity index (χ1v) is 9.43. The molecular formula is C20H25N5O2. The number of ether oxygens (including phenoxy) is 1. The van der Waals surface area contributed by atoms with Gasteiger partial charge in [-0.25, -0.2) is 9.97 Å². The first-order chi connectivity index (χ1) is 13.2. The van der Waals surface area contributed by atoms with Crippen LogP contribution in [0.15, 0.2) is 43.0 Å². The smallest absolute Gasteiger partial charge is 0.255 e. The zero-order chi connectivity index (χ0) is 18.7. The molecule has 2 saturated heterocycles. The van der Waals surface area contributed by atoms with Crippen molar-refractivity contribution in [1.82, 2.24) is 19.9 Å². The van der Waals surface area contributed by atoms with E-state index in [-0.39, 0.29) is 17.4 Å². The van der Waals surface area contributed by atoms with Crippen LogP contribution in [-0.2, 0) is 4.74 Å². The largest absolute Gasteiger partial charge is 0.383 e. The van der Waals surface area contributed by atoms with Crippen LogP contribution in [0.1, 0.15) is 29.6 Å². The number of hydrogen-bond donors (Lipinski definition) is 0. The number of amides is 1. The fourth-order valence-corrected chi connectivity index (χ4v) is 4.40. The normalized spacial score (nSPS) is 21.6. The molecule has 1 amide bonds. The second kappa shape index (κ2) is 7.60. The van der Waals surface area contributed by atoms with Crippen molar-refractivity contribution in [3.63, 3.8) is 0 Å². The molecule has 27 heavy (non-hydrogen) atoms. The van der Waals surface area contributed by atoms with Gasteiger partial charge in [-0.1, -0.05) is 0 Å². The van der Waals surface area contributed by atoms with Gasteiger partial charge in [-0.3, -0.25) is 9.78 Å². The van der Waals surface area contributed by atoms with Crippen LogP contribution in [0.25, 0.3) is 0 Å². The molecule has 0 aliphatic carbocycles. The van der Waals surface area contributed by atoms with E-state index in [0.29, 0.717) is 12.2 Å². The lowest BCUT2D eigenvalue weighted by molar-refractivity contribution is 0.0598. The standard InChI is InChI=1S/C20H25N5O2/c1-27-14-17-12-20(15-25(17)19-22-8-3-9-23-19)5-10-24(11-6-20)18(26)16-4-2-7-21-13-16/h2-4,7-9,13,17H,5-6,10-12,14-15H2,1H3/t17-/m0/s1. The monoisotopic (exact) mass is 367 g/mol. The summed E-state index contributed by atoms with van der Waals surface area (Å²) in [4.78, 5) is 29.9. The Bertz CT molecular complexity index is 762. The van der Waals surface area contributed by atoms with Gasteiger partial charge in [0.2, 0.25) is 5.95 Å². The molecule has 2 fully saturated rings. The van der Waals surface area contributed by atoms with E-state index >= 15 is 0 Å². The van der Waals surface area contributed by atoms with Crippen LogP contribution in [0.3, 0.4) is 0 Å². The topological polar surface area (TPSA) is 71.5 Å². The first-order valence-electron chi connectivity index (χ1n) is 9.43. The summed E-state index contributed by atoms with van der Waals surface area (Å²) in [6, 6.07) is 5.75. The average molecular weight is 367 g/mol. The van der Waals surface area contributed by atoms with E-state index < -0.39 is 0 Å². The highest BCUT2D eigenvalue weighted by Gasteiger charge is 2.46. The molecule has 2 aromatic rings. The van der Waals surface area contributed by atoms with Gasteiger partial charge >= 0.3 is 0 Å². The summed E-state index contributed by atoms with van der Waals surface area (Å²) >= 11 is 0. The van der Waals surface area contributed by atoms with Crippen LogP contribution < -0.4 is 4.90 Å². The highest BCUT2D eigenvalue weighted by atomic mass is 16.5. The number of aromatic nitrogens is 3. The lowest BCUT2D eigenvalue weighted by Gasteiger charge is -2.39. The molecule has 4 heterocycles. The van der Waals surface area contributed by atoms with Crippen molar-refractivity contribution in [2.45, 2.75) is 25.3 Å². The number of likely N-dealkylation sites (tertiary alicyclic amines) is 1. The number of piperidine rings is 1. The molecule has 0 aromatic carbocycles. The number of carbonyl (C=O) groups is 1. The van der Waals surface area contributed by atoms with E-state index in [9.17, 15) is 4.79 Å². The summed E-state index contributed by atoms with van der Waals surface area (Å²) in [6.07, 6.45) is 9.93. The van der Waals surface area contributed by atoms with Gasteiger partial charge in [0.1, 0.15) is 0 Å². The van der Waals surface area contributed by atoms with Gasteiger partial charge in [-0.15, -0.1) is 0 Å². The van der Waals surface area contributed by atoms with Crippen molar-refractivity contribution in [2.75, 3.05) is 38.3 Å². The Morgan fingerprint density at radius 2 is 2.00 bits per heavy atom. The zero-order valence-corrected chi connectivity index (χ0v) is 15.6. The highest BCUT2D eigenvalue weighted by Crippen LogP contribution is 2.44. The van der Waals surface area contributed by atoms with Crippen LogP contribution in [0, 0.1) is 5.41 Å². The number of hydrogen-bond acceptors (Lipinski definition) is 6. The van der Waals surface area contributed by atoms with Crippen LogP contribution >= 0.6 is 0 Å². The van der Waals surface area contributed by atoms with Crippen molar-refractivity contribution in [3.8, 4) is 0 Å². The molecule has 0 N–H and O–H groups in total. The van der Waals surface area contributed by atoms with Crippen molar-refractivity contribution in [1.29, 1.82) is 0 Å². The summed E-state index contributed by atoms with van der Waals surface area (Å²) in [5.74, 6) is 0.845. The minimum atomic E-state index is 0.0765. The number of rotatable bonds is 4. The summed E-state index contributed by atoms with van der Waals surface area (Å²) in [5, 5.41) is 0. The Kier molecular flexibility index (Phi) is 5.03. The van der Waals surface area contributed by atoms with Gasteiger partial charge in [0.15, 0.2) is 0 Å². The van der Waals surface area contributed by atoms with Gasteiger partial charge in [-0.2, -0.15) is 0 Å². The van der Waals surface area contributed by atoms with Crippen LogP contribution in [0.4, 0.5) is 5.95 Å². The van der Waals surface area contributed by atoms with Crippen molar-refractivity contribution in [2.24, 2.45) is 5.41 Å². The molecule has 0 bridgehead atoms. The predicted molar refractivity (Wildman–Crippen MR) is 101 cm³/mol. The minimum absolute atomic E-state index is 0.0765. The molecular weight excluding hydrogens is 342 g/mol. The molecule has 7 nitrogen and oxygen atoms in total. The predicted octanol–water partition coefficient (Wildman–Crippen LogP) is 2.02. The molecule has 7 heteroatoms. The van der Waals surface area contributed by atoms with Crippen molar-refractivity contribution in [3.05, 3.63) is 48.5 Å². The Morgan fingerprint density at radius 3 is 2.67 bits per heavy atom. The first kappa shape index (κ1) is 17.9. The van der Waals surface area contributed by atoms with Crippen molar-refractivity contribution < 1.29 is 9.53 Å². The molecule has 0 radical (unpaired) electrons. The van der Waals surface area contributed by atoms with Gasteiger partial charge in [0, 0.05) is 51.5 Å². The van der Waals surface area contributed by atoms with Crippen LogP contribution in [0.5, 0.6) is 0 Å². The van der Waals surface area contributed by atoms with E-state index in [1.165, 1.54) is 0 Å². The summed E-state index contributed by atoms with van der Waals surface area (Å²) in [5.41, 5.74) is 0.852. The van der Waals surface area contributed by atoms with Crippen LogP contribution in [0.2, 0.25) is 0 Å². The maximum absolute atomic E-state index is 12.7. The van der Waals surface area contributed by atoms with Gasteiger partial charge in [-0.05, 0) is 42.9 Å². The average Bonchev–Trinajstić information content (AvgIpc) is 3.07. The molecule has 142 valence electrons. The molecule has 1 spiro atoms. The quantitative estimate of drug-likeness (QED) is 0.823. The number of pyridine rings is 1. The molecule has 0 unspecified atom stereocenters. The summed E-state index contributed by atoms with van der Waals surface area (Å²) in [7, 11) is 1.74. The van der Waals surface area contributed by atoms with Crippen molar-refractivity contribution >= 4 is 11.9 Å². The maximum atomic E-state index is 12.7. The second-order valence-corrected chi connectivity index (χ2v) is 7.52. The third-order valence-electron chi connectivity index (χ3n) is 5.80. The van der Waals surface area contributed by atoms with Gasteiger partial charge in [0.05, 0.1) is 18.2 Å². The lowest BCUT2D eigenvalue weighted by Crippen LogP contribution is -2.44. The van der Waals surface area contributed by atoms with E-state index in [1.807, 2.05) is 23.1 Å². The zero-order valence-electron chi connectivity index (χ0n) is 15.6. The molecule has 2 aliphatic heterocycles. The van der Waals surface area contributed by atoms with E-state index in [4.69, 9.17) is 4.74 Å². The molecule has 4 rings (SSSR count). The Morgan fingerprint density at radius 1 is 1.22 bits per heavy atom. The molecule has 1 atom stereocenters. The van der Waals surface area contributed by atoms with E-state index in [1.54, 1.807) is 31.9 Å². The molecule has 2 aromatic heterocycles. The Labute approximate surface area is 159 Å². The van der Waals surface area contributed by atoms with E-state index in [2.05, 4.69) is 19.9 Å². The molecule has 0 saturated carbocycles. The third-order valence-corrected chi connectivity index (χ3v) is 5.80. The Hall–Kier alpha value is -2.54. The number of carbonyl (C=O) groups excluding carboxylic acids is 1. The second-order valence-electron chi connectivity index (χ2n) is 7.52. The SMILES string of the molecule is COC[C@@H]1CC2(CCN(C(=O)c3cccnc3)CC2)CN1c1ncccn1. The fourth-order valence-electron chi connectivity index (χ4n) is 4.40. The maximum Gasteiger partial charge on any atom is 0.255 e. The van der Waals surface area contributed by atoms with Gasteiger partial charge in [0.25, 0.3) is 5.91 Å². The van der Waals surface area contributed by atoms with Crippen LogP contribution in [-0.4, -0.2) is 65.2 Å². The number of anilines is 1. The molecule has 2 aliphatic rings. The highest BCUT2D eigenvalue weighted by molar-refractivity contribution is 5.93. The number of nitrogens with zero attached hydrogens (tertiary/aromatic N) is 5. The van der Waals surface area contributed by atoms with E-state index in [0.717, 1.165) is 44.8 Å². The lowest BCUT2D eigenvalue weighted by atomic mass is 9.76. The van der Waals surface area contributed by atoms with Gasteiger partial charge < -0.3 is 14.5 Å². The third kappa shape index (κ3) is 3.64. The summed E-state index contributed by atoms with van der Waals surface area (Å²) in [6.45, 7) is 3.13. The summed E-state index contributed by atoms with van der Waals surface area (Å²) < 4.78 is 5.46. The fraction of sp³-hybridized carbons (Fsp3) is 0.500.